The van der Waals surface area contributed by atoms with Gasteiger partial charge in [0.25, 0.3) is 11.8 Å². The summed E-state index contributed by atoms with van der Waals surface area (Å²) in [5.41, 5.74) is 1.68. The number of nitrogens with zero attached hydrogens (tertiary/aromatic N) is 6. The second-order valence-electron chi connectivity index (χ2n) is 10.3. The van der Waals surface area contributed by atoms with Crippen LogP contribution in [0.3, 0.4) is 0 Å². The normalized spacial score (nSPS) is 18.1. The molecule has 2 aromatic carbocycles. The Morgan fingerprint density at radius 3 is 2.61 bits per heavy atom. The van der Waals surface area contributed by atoms with Crippen LogP contribution >= 0.6 is 35.1 Å². The highest BCUT2D eigenvalue weighted by atomic mass is 35.5. The average Bonchev–Trinajstić information content (AvgIpc) is 3.65. The second-order valence-corrected chi connectivity index (χ2v) is 12.7. The van der Waals surface area contributed by atoms with Crippen molar-refractivity contribution in [2.24, 2.45) is 7.05 Å². The Bertz CT molecular complexity index is 1880. The number of fused-ring (bicyclic) bond motifs is 1. The predicted octanol–water partition coefficient (Wildman–Crippen LogP) is 2.83. The molecule has 2 unspecified atom stereocenters. The zero-order valence-electron chi connectivity index (χ0n) is 24.2. The molecule has 2 aliphatic heterocycles. The van der Waals surface area contributed by atoms with Gasteiger partial charge in [-0.05, 0) is 34.6 Å². The minimum Gasteiger partial charge on any atom is -0.477 e. The molecule has 4 heterocycles. The van der Waals surface area contributed by atoms with Gasteiger partial charge in [-0.3, -0.25) is 19.3 Å². The molecular weight excluding hydrogens is 656 g/mol. The van der Waals surface area contributed by atoms with Gasteiger partial charge in [0, 0.05) is 24.1 Å². The lowest BCUT2D eigenvalue weighted by Crippen LogP contribution is -2.71. The predicted molar refractivity (Wildman–Crippen MR) is 168 cm³/mol. The lowest BCUT2D eigenvalue weighted by molar-refractivity contribution is -0.151. The number of aryl methyl sites for hydroxylation is 2. The molecule has 46 heavy (non-hydrogen) atoms. The number of thioether (sulfide) groups is 2. The number of carboxylic acids is 1. The molecule has 3 atom stereocenters. The van der Waals surface area contributed by atoms with Crippen LogP contribution < -0.4 is 10.6 Å². The largest absolute Gasteiger partial charge is 0.477 e. The number of tetrazole rings is 1. The fourth-order valence-corrected chi connectivity index (χ4v) is 7.71. The van der Waals surface area contributed by atoms with Gasteiger partial charge in [-0.15, -0.1) is 16.9 Å². The maximum absolute atomic E-state index is 13.8. The summed E-state index contributed by atoms with van der Waals surface area (Å²) in [6.07, 6.45) is 0. The highest BCUT2D eigenvalue weighted by molar-refractivity contribution is 8.01. The van der Waals surface area contributed by atoms with E-state index in [9.17, 15) is 24.3 Å². The lowest BCUT2D eigenvalue weighted by Gasteiger charge is -2.49. The Balaban J connectivity index is 1.22. The Morgan fingerprint density at radius 1 is 1.17 bits per heavy atom. The molecule has 2 aliphatic rings. The zero-order chi connectivity index (χ0) is 32.5. The summed E-state index contributed by atoms with van der Waals surface area (Å²) in [6, 6.07) is 13.2. The van der Waals surface area contributed by atoms with E-state index in [1.807, 2.05) is 0 Å². The number of aliphatic carboxylic acids is 1. The summed E-state index contributed by atoms with van der Waals surface area (Å²) in [7, 11) is 1.67. The number of carbonyl (C=O) groups is 4. The van der Waals surface area contributed by atoms with Crippen molar-refractivity contribution in [3.05, 3.63) is 87.8 Å². The molecule has 0 aliphatic carbocycles. The van der Waals surface area contributed by atoms with E-state index < -0.39 is 41.1 Å². The van der Waals surface area contributed by atoms with Crippen molar-refractivity contribution in [3.63, 3.8) is 0 Å². The molecule has 1 saturated heterocycles. The van der Waals surface area contributed by atoms with Crippen molar-refractivity contribution < 1.29 is 28.8 Å². The molecule has 3 N–H and O–H groups in total. The quantitative estimate of drug-likeness (QED) is 0.165. The molecule has 0 radical (unpaired) electrons. The minimum absolute atomic E-state index is 0.106. The molecule has 0 bridgehead atoms. The van der Waals surface area contributed by atoms with Crippen LogP contribution in [0.4, 0.5) is 0 Å². The zero-order valence-corrected chi connectivity index (χ0v) is 26.6. The van der Waals surface area contributed by atoms with Crippen molar-refractivity contribution in [2.75, 3.05) is 11.5 Å². The topological polar surface area (TPSA) is 185 Å². The fourth-order valence-electron chi connectivity index (χ4n) is 5.15. The van der Waals surface area contributed by atoms with Crippen LogP contribution in [0.2, 0.25) is 5.02 Å². The molecule has 4 aromatic rings. The maximum atomic E-state index is 13.8. The van der Waals surface area contributed by atoms with Gasteiger partial charge < -0.3 is 20.3 Å². The van der Waals surface area contributed by atoms with Crippen molar-refractivity contribution in [1.82, 2.24) is 40.9 Å². The first-order valence-electron chi connectivity index (χ1n) is 13.8. The maximum Gasteiger partial charge on any atom is 0.352 e. The number of rotatable bonds is 10. The van der Waals surface area contributed by atoms with E-state index in [1.165, 1.54) is 33.1 Å². The average molecular weight is 681 g/mol. The molecule has 236 valence electrons. The molecule has 0 spiro atoms. The van der Waals surface area contributed by atoms with Gasteiger partial charge in [0.2, 0.25) is 11.1 Å². The molecule has 2 aromatic heterocycles. The summed E-state index contributed by atoms with van der Waals surface area (Å²) in [5, 5.41) is 31.0. The molecule has 3 amide bonds. The third kappa shape index (κ3) is 5.86. The summed E-state index contributed by atoms with van der Waals surface area (Å²) in [5.74, 6) is -2.30. The van der Waals surface area contributed by atoms with Gasteiger partial charge in [0.1, 0.15) is 40.2 Å². The first-order chi connectivity index (χ1) is 22.2. The van der Waals surface area contributed by atoms with Crippen LogP contribution in [0.15, 0.2) is 75.5 Å². The summed E-state index contributed by atoms with van der Waals surface area (Å²) in [4.78, 5) is 54.3. The Morgan fingerprint density at radius 2 is 1.91 bits per heavy atom. The standard InChI is InChI=1S/C29H25ClN8O6S2/c1-14-19(21(34-44-14)17-10-6-7-11-18(17)30)24(39)31-20(15-8-4-3-5-9-15)25(40)32-22-26(41)38-23(28(42)43)16(12-45-27(22)38)13-46-29-33-35-36-37(29)2/h3-11,20,22,27H,12-13H2,1-2H3,(H,31,39)(H,32,40)(H,42,43)/t20?,22?,27-/m1/s1. The van der Waals surface area contributed by atoms with Gasteiger partial charge in [0.15, 0.2) is 0 Å². The summed E-state index contributed by atoms with van der Waals surface area (Å²) in [6.45, 7) is 1.58. The molecule has 17 heteroatoms. The van der Waals surface area contributed by atoms with Crippen LogP contribution in [0.5, 0.6) is 0 Å². The highest BCUT2D eigenvalue weighted by Gasteiger charge is 2.54. The number of hydrogen-bond donors (Lipinski definition) is 3. The molecule has 1 fully saturated rings. The monoisotopic (exact) mass is 680 g/mol. The number of β-lactam (4-membered cyclic amide) rings is 1. The van der Waals surface area contributed by atoms with E-state index >= 15 is 0 Å². The Kier molecular flexibility index (Phi) is 8.84. The van der Waals surface area contributed by atoms with E-state index in [0.717, 1.165) is 0 Å². The number of amides is 3. The van der Waals surface area contributed by atoms with Crippen molar-refractivity contribution in [3.8, 4) is 11.3 Å². The first kappa shape index (κ1) is 31.3. The molecule has 0 saturated carbocycles. The smallest absolute Gasteiger partial charge is 0.352 e. The van der Waals surface area contributed by atoms with Gasteiger partial charge in [-0.1, -0.05) is 77.1 Å². The van der Waals surface area contributed by atoms with E-state index in [2.05, 4.69) is 31.3 Å². The van der Waals surface area contributed by atoms with Crippen LogP contribution in [0.25, 0.3) is 11.3 Å². The third-order valence-electron chi connectivity index (χ3n) is 7.39. The van der Waals surface area contributed by atoms with Gasteiger partial charge in [-0.2, -0.15) is 0 Å². The van der Waals surface area contributed by atoms with Crippen LogP contribution in [0, 0.1) is 6.92 Å². The van der Waals surface area contributed by atoms with Crippen LogP contribution in [-0.2, 0) is 21.4 Å². The van der Waals surface area contributed by atoms with Gasteiger partial charge in [-0.25, -0.2) is 9.48 Å². The number of hydrogen-bond acceptors (Lipinski definition) is 11. The fraction of sp³-hybridized carbons (Fsp3) is 0.241. The highest BCUT2D eigenvalue weighted by Crippen LogP contribution is 2.41. The van der Waals surface area contributed by atoms with Crippen molar-refractivity contribution in [2.45, 2.75) is 29.5 Å². The van der Waals surface area contributed by atoms with E-state index in [-0.39, 0.29) is 28.5 Å². The Labute approximate surface area is 274 Å². The number of halogens is 1. The lowest BCUT2D eigenvalue weighted by atomic mass is 10.0. The van der Waals surface area contributed by atoms with E-state index in [4.69, 9.17) is 16.1 Å². The third-order valence-corrected chi connectivity index (χ3v) is 10.2. The number of carboxylic acid groups (broad SMARTS) is 1. The number of carbonyl (C=O) groups excluding carboxylic acids is 3. The summed E-state index contributed by atoms with van der Waals surface area (Å²) >= 11 is 8.96. The second kappa shape index (κ2) is 13.0. The van der Waals surface area contributed by atoms with Crippen LogP contribution in [-0.4, -0.2) is 82.0 Å². The van der Waals surface area contributed by atoms with E-state index in [0.29, 0.717) is 32.6 Å². The molecule has 14 nitrogen and oxygen atoms in total. The Hall–Kier alpha value is -4.67. The SMILES string of the molecule is Cc1onc(-c2ccccc2Cl)c1C(=O)NC(C(=O)NC1C(=O)N2C(C(=O)O)=C(CSc3nnnn3C)CS[C@H]12)c1ccccc1. The van der Waals surface area contributed by atoms with E-state index in [1.54, 1.807) is 68.6 Å². The van der Waals surface area contributed by atoms with Gasteiger partial charge in [0.05, 0.1) is 5.02 Å². The summed E-state index contributed by atoms with van der Waals surface area (Å²) < 4.78 is 6.80. The molecule has 6 rings (SSSR count). The van der Waals surface area contributed by atoms with Crippen molar-refractivity contribution in [1.29, 1.82) is 0 Å². The van der Waals surface area contributed by atoms with Crippen LogP contribution in [0.1, 0.15) is 27.7 Å². The first-order valence-corrected chi connectivity index (χ1v) is 16.2. The number of benzene rings is 2. The molecular formula is C29H25ClN8O6S2. The number of nitrogens with one attached hydrogen (secondary N) is 2. The minimum atomic E-state index is -1.25. The van der Waals surface area contributed by atoms with Crippen molar-refractivity contribution >= 4 is 58.8 Å². The van der Waals surface area contributed by atoms with Gasteiger partial charge >= 0.3 is 5.97 Å². The number of aromatic nitrogens is 5.